The number of hydrogen-bond acceptors (Lipinski definition) is 5. The van der Waals surface area contributed by atoms with Crippen molar-refractivity contribution in [2.75, 3.05) is 6.61 Å². The molecular weight excluding hydrogens is 162 g/mol. The summed E-state index contributed by atoms with van der Waals surface area (Å²) >= 11 is 0. The van der Waals surface area contributed by atoms with Gasteiger partial charge in [0.05, 0.1) is 12.4 Å². The van der Waals surface area contributed by atoms with Crippen LogP contribution in [0.4, 0.5) is 0 Å². The van der Waals surface area contributed by atoms with Crippen LogP contribution in [0.25, 0.3) is 0 Å². The first-order chi connectivity index (χ1) is 5.69. The van der Waals surface area contributed by atoms with Crippen LogP contribution in [-0.4, -0.2) is 35.1 Å². The van der Waals surface area contributed by atoms with E-state index in [1.54, 1.807) is 6.92 Å². The van der Waals surface area contributed by atoms with E-state index in [9.17, 15) is 10.0 Å². The van der Waals surface area contributed by atoms with Gasteiger partial charge < -0.3 is 14.9 Å². The molecule has 5 nitrogen and oxygen atoms in total. The Morgan fingerprint density at radius 2 is 2.42 bits per heavy atom. The van der Waals surface area contributed by atoms with E-state index in [-0.39, 0.29) is 6.61 Å². The highest BCUT2D eigenvalue weighted by Gasteiger charge is 2.32. The second-order valence-electron chi connectivity index (χ2n) is 2.70. The van der Waals surface area contributed by atoms with E-state index in [4.69, 9.17) is 9.84 Å². The summed E-state index contributed by atoms with van der Waals surface area (Å²) in [4.78, 5) is 10.2. The minimum absolute atomic E-state index is 0.321. The van der Waals surface area contributed by atoms with Crippen LogP contribution >= 0.6 is 0 Å². The van der Waals surface area contributed by atoms with Gasteiger partial charge in [-0.15, -0.1) is 0 Å². The first kappa shape index (κ1) is 9.15. The first-order valence-corrected chi connectivity index (χ1v) is 3.65. The maximum absolute atomic E-state index is 10.2. The van der Waals surface area contributed by atoms with E-state index in [2.05, 4.69) is 5.18 Å². The molecule has 0 saturated carbocycles. The summed E-state index contributed by atoms with van der Waals surface area (Å²) in [6, 6.07) is -0.809. The van der Waals surface area contributed by atoms with Crippen molar-refractivity contribution in [1.29, 1.82) is 0 Å². The van der Waals surface area contributed by atoms with Crippen molar-refractivity contribution < 1.29 is 14.9 Å². The van der Waals surface area contributed by atoms with Gasteiger partial charge in [-0.05, 0) is 13.0 Å². The average molecular weight is 173 g/mol. The molecule has 0 unspecified atom stereocenters. The lowest BCUT2D eigenvalue weighted by molar-refractivity contribution is -0.0504. The molecule has 2 N–H and O–H groups in total. The van der Waals surface area contributed by atoms with Crippen LogP contribution in [0.15, 0.2) is 17.0 Å². The van der Waals surface area contributed by atoms with Crippen molar-refractivity contribution in [1.82, 2.24) is 0 Å². The molecule has 0 amide bonds. The van der Waals surface area contributed by atoms with Gasteiger partial charge in [0.15, 0.2) is 0 Å². The second kappa shape index (κ2) is 3.64. The molecule has 0 saturated heterocycles. The van der Waals surface area contributed by atoms with Crippen molar-refractivity contribution in [2.24, 2.45) is 5.18 Å². The molecule has 0 bridgehead atoms. The van der Waals surface area contributed by atoms with Gasteiger partial charge in [-0.1, -0.05) is 5.18 Å². The molecule has 0 aromatic rings. The number of rotatable bonds is 2. The lowest BCUT2D eigenvalue weighted by atomic mass is 10.0. The van der Waals surface area contributed by atoms with Gasteiger partial charge in [0.25, 0.3) is 0 Å². The van der Waals surface area contributed by atoms with E-state index >= 15 is 0 Å². The average Bonchev–Trinajstić information content (AvgIpc) is 2.08. The fraction of sp³-hybridized carbons (Fsp3) is 0.714. The molecule has 5 heteroatoms. The Labute approximate surface area is 69.6 Å². The number of nitroso groups, excluding NO2 is 1. The fourth-order valence-electron chi connectivity index (χ4n) is 1.14. The number of ether oxygens (including phenoxy) is 1. The minimum Gasteiger partial charge on any atom is -0.490 e. The minimum atomic E-state index is -1.05. The van der Waals surface area contributed by atoms with Crippen LogP contribution in [-0.2, 0) is 4.74 Å². The Morgan fingerprint density at radius 3 is 2.92 bits per heavy atom. The SMILES string of the molecule is CC1=C[C@@H](N=O)[C@H](O)[C@@H](CO)O1. The number of allylic oxidation sites excluding steroid dienone is 1. The monoisotopic (exact) mass is 173 g/mol. The maximum atomic E-state index is 10.2. The lowest BCUT2D eigenvalue weighted by Crippen LogP contribution is -2.42. The third kappa shape index (κ3) is 1.62. The summed E-state index contributed by atoms with van der Waals surface area (Å²) in [6.45, 7) is 1.32. The molecule has 0 spiro atoms. The molecule has 3 atom stereocenters. The van der Waals surface area contributed by atoms with Gasteiger partial charge in [0, 0.05) is 0 Å². The molecule has 0 fully saturated rings. The van der Waals surface area contributed by atoms with Gasteiger partial charge >= 0.3 is 0 Å². The van der Waals surface area contributed by atoms with Gasteiger partial charge in [-0.2, -0.15) is 4.91 Å². The summed E-state index contributed by atoms with van der Waals surface area (Å²) in [5.41, 5.74) is 0. The topological polar surface area (TPSA) is 79.1 Å². The maximum Gasteiger partial charge on any atom is 0.149 e. The van der Waals surface area contributed by atoms with Gasteiger partial charge in [0.2, 0.25) is 0 Å². The van der Waals surface area contributed by atoms with E-state index in [0.29, 0.717) is 5.76 Å². The van der Waals surface area contributed by atoms with Crippen molar-refractivity contribution in [3.05, 3.63) is 16.7 Å². The summed E-state index contributed by atoms with van der Waals surface area (Å²) in [7, 11) is 0. The van der Waals surface area contributed by atoms with Crippen LogP contribution in [0, 0.1) is 4.91 Å². The largest absolute Gasteiger partial charge is 0.490 e. The zero-order chi connectivity index (χ0) is 9.14. The lowest BCUT2D eigenvalue weighted by Gasteiger charge is -2.28. The Kier molecular flexibility index (Phi) is 2.78. The standard InChI is InChI=1S/C7H11NO4/c1-4-2-5(8-11)7(10)6(3-9)12-4/h2,5-7,9-10H,3H2,1H3/t5-,6-,7+/m1/s1. The van der Waals surface area contributed by atoms with Gasteiger partial charge in [-0.3, -0.25) is 0 Å². The van der Waals surface area contributed by atoms with Crippen LogP contribution < -0.4 is 0 Å². The molecule has 0 aromatic heterocycles. The molecular formula is C7H11NO4. The predicted molar refractivity (Wildman–Crippen MR) is 41.3 cm³/mol. The molecule has 1 heterocycles. The first-order valence-electron chi connectivity index (χ1n) is 3.65. The van der Waals surface area contributed by atoms with Crippen LogP contribution in [0.2, 0.25) is 0 Å². The molecule has 12 heavy (non-hydrogen) atoms. The number of nitrogens with zero attached hydrogens (tertiary/aromatic N) is 1. The van der Waals surface area contributed by atoms with Crippen LogP contribution in [0.3, 0.4) is 0 Å². The molecule has 1 aliphatic heterocycles. The quantitative estimate of drug-likeness (QED) is 0.565. The molecule has 0 aromatic carbocycles. The van der Waals surface area contributed by atoms with Crippen molar-refractivity contribution in [2.45, 2.75) is 25.2 Å². The fourth-order valence-corrected chi connectivity index (χ4v) is 1.14. The van der Waals surface area contributed by atoms with Crippen molar-refractivity contribution >= 4 is 0 Å². The van der Waals surface area contributed by atoms with Crippen LogP contribution in [0.5, 0.6) is 0 Å². The Hall–Kier alpha value is -0.940. The van der Waals surface area contributed by atoms with E-state index in [1.807, 2.05) is 0 Å². The highest BCUT2D eigenvalue weighted by molar-refractivity contribution is 5.07. The highest BCUT2D eigenvalue weighted by Crippen LogP contribution is 2.19. The molecule has 0 aliphatic carbocycles. The normalized spacial score (nSPS) is 35.2. The van der Waals surface area contributed by atoms with E-state index < -0.39 is 18.2 Å². The Balaban J connectivity index is 2.76. The Bertz CT molecular complexity index is 204. The molecule has 0 radical (unpaired) electrons. The molecule has 1 rings (SSSR count). The zero-order valence-corrected chi connectivity index (χ0v) is 6.67. The van der Waals surface area contributed by atoms with E-state index in [0.717, 1.165) is 0 Å². The number of aliphatic hydroxyl groups excluding tert-OH is 2. The number of hydrogen-bond donors (Lipinski definition) is 2. The zero-order valence-electron chi connectivity index (χ0n) is 6.67. The van der Waals surface area contributed by atoms with Gasteiger partial charge in [-0.25, -0.2) is 0 Å². The third-order valence-electron chi connectivity index (χ3n) is 1.78. The smallest absolute Gasteiger partial charge is 0.149 e. The van der Waals surface area contributed by atoms with Crippen molar-refractivity contribution in [3.8, 4) is 0 Å². The summed E-state index contributed by atoms with van der Waals surface area (Å²) in [5.74, 6) is 0.504. The van der Waals surface area contributed by atoms with Crippen molar-refractivity contribution in [3.63, 3.8) is 0 Å². The van der Waals surface area contributed by atoms with Crippen LogP contribution in [0.1, 0.15) is 6.92 Å². The Morgan fingerprint density at radius 1 is 1.75 bits per heavy atom. The third-order valence-corrected chi connectivity index (χ3v) is 1.78. The van der Waals surface area contributed by atoms with Gasteiger partial charge in [0.1, 0.15) is 18.2 Å². The summed E-state index contributed by atoms with van der Waals surface area (Å²) in [5, 5.41) is 20.8. The second-order valence-corrected chi connectivity index (χ2v) is 2.70. The number of aliphatic hydroxyl groups is 2. The predicted octanol–water partition coefficient (Wildman–Crippen LogP) is -0.223. The van der Waals surface area contributed by atoms with E-state index in [1.165, 1.54) is 6.08 Å². The highest BCUT2D eigenvalue weighted by atomic mass is 16.5. The molecule has 1 aliphatic rings. The summed E-state index contributed by atoms with van der Waals surface area (Å²) in [6.07, 6.45) is -0.349. The summed E-state index contributed by atoms with van der Waals surface area (Å²) < 4.78 is 5.04. The molecule has 68 valence electrons.